The Morgan fingerprint density at radius 1 is 0.875 bits per heavy atom. The molecule has 1 radical (unpaired) electrons. The van der Waals surface area contributed by atoms with E-state index in [4.69, 9.17) is 0 Å². The zero-order chi connectivity index (χ0) is 12.6. The molecule has 89 valence electrons. The van der Waals surface area contributed by atoms with Gasteiger partial charge in [0, 0.05) is 0 Å². The summed E-state index contributed by atoms with van der Waals surface area (Å²) in [5.41, 5.74) is -3.22. The average molecular weight is 241 g/mol. The van der Waals surface area contributed by atoms with Crippen molar-refractivity contribution < 1.29 is 26.3 Å². The molecule has 0 atom stereocenters. The molecule has 0 saturated heterocycles. The number of hydrogen-bond donors (Lipinski definition) is 0. The molecular formula is C10H7F6. The van der Waals surface area contributed by atoms with Crippen molar-refractivity contribution >= 4 is 0 Å². The summed E-state index contributed by atoms with van der Waals surface area (Å²) < 4.78 is 74.0. The molecule has 0 unspecified atom stereocenters. The SMILES string of the molecule is [CH2]Cc1ccc(C(F)(F)F)c(C(F)(F)F)c1. The van der Waals surface area contributed by atoms with E-state index in [1.807, 2.05) is 0 Å². The molecule has 0 fully saturated rings. The van der Waals surface area contributed by atoms with Crippen LogP contribution >= 0.6 is 0 Å². The van der Waals surface area contributed by atoms with Crippen molar-refractivity contribution in [1.82, 2.24) is 0 Å². The maximum absolute atomic E-state index is 12.4. The monoisotopic (exact) mass is 241 g/mol. The molecule has 0 aliphatic rings. The van der Waals surface area contributed by atoms with E-state index in [9.17, 15) is 26.3 Å². The van der Waals surface area contributed by atoms with Crippen LogP contribution in [0.3, 0.4) is 0 Å². The van der Waals surface area contributed by atoms with Gasteiger partial charge in [0.1, 0.15) is 0 Å². The fourth-order valence-corrected chi connectivity index (χ4v) is 1.23. The van der Waals surface area contributed by atoms with E-state index in [1.54, 1.807) is 0 Å². The summed E-state index contributed by atoms with van der Waals surface area (Å²) in [5.74, 6) is 0. The lowest BCUT2D eigenvalue weighted by Gasteiger charge is -2.16. The summed E-state index contributed by atoms with van der Waals surface area (Å²) in [6.45, 7) is 3.32. The second kappa shape index (κ2) is 3.99. The molecule has 0 bridgehead atoms. The van der Waals surface area contributed by atoms with Crippen molar-refractivity contribution in [3.8, 4) is 0 Å². The van der Waals surface area contributed by atoms with Gasteiger partial charge in [-0.3, -0.25) is 0 Å². The second-order valence-corrected chi connectivity index (χ2v) is 3.13. The topological polar surface area (TPSA) is 0 Å². The molecule has 0 spiro atoms. The Morgan fingerprint density at radius 3 is 1.75 bits per heavy atom. The highest BCUT2D eigenvalue weighted by Crippen LogP contribution is 2.40. The molecule has 0 amide bonds. The van der Waals surface area contributed by atoms with E-state index in [1.165, 1.54) is 0 Å². The van der Waals surface area contributed by atoms with Crippen molar-refractivity contribution in [3.05, 3.63) is 41.8 Å². The van der Waals surface area contributed by atoms with Gasteiger partial charge in [-0.2, -0.15) is 26.3 Å². The van der Waals surface area contributed by atoms with E-state index in [0.29, 0.717) is 12.1 Å². The Morgan fingerprint density at radius 2 is 1.38 bits per heavy atom. The van der Waals surface area contributed by atoms with Gasteiger partial charge in [0.2, 0.25) is 0 Å². The van der Waals surface area contributed by atoms with Crippen LogP contribution in [-0.4, -0.2) is 0 Å². The fraction of sp³-hybridized carbons (Fsp3) is 0.300. The van der Waals surface area contributed by atoms with E-state index < -0.39 is 23.5 Å². The van der Waals surface area contributed by atoms with Crippen LogP contribution in [-0.2, 0) is 18.8 Å². The standard InChI is InChI=1S/C10H7F6/c1-2-6-3-4-7(9(11,12)13)8(5-6)10(14,15)16/h3-5H,1-2H2. The Bertz CT molecular complexity index is 374. The molecule has 0 aliphatic heterocycles. The molecule has 0 N–H and O–H groups in total. The minimum atomic E-state index is -5.02. The van der Waals surface area contributed by atoms with Gasteiger partial charge in [0.15, 0.2) is 0 Å². The molecule has 1 aromatic rings. The van der Waals surface area contributed by atoms with Gasteiger partial charge in [-0.15, -0.1) is 0 Å². The highest BCUT2D eigenvalue weighted by molar-refractivity contribution is 5.36. The maximum Gasteiger partial charge on any atom is 0.417 e. The minimum absolute atomic E-state index is 0.00121. The zero-order valence-electron chi connectivity index (χ0n) is 7.91. The van der Waals surface area contributed by atoms with Crippen molar-refractivity contribution in [1.29, 1.82) is 0 Å². The number of hydrogen-bond acceptors (Lipinski definition) is 0. The second-order valence-electron chi connectivity index (χ2n) is 3.13. The van der Waals surface area contributed by atoms with Gasteiger partial charge >= 0.3 is 12.4 Å². The van der Waals surface area contributed by atoms with Gasteiger partial charge in [0.05, 0.1) is 11.1 Å². The van der Waals surface area contributed by atoms with Crippen molar-refractivity contribution in [2.45, 2.75) is 18.8 Å². The molecule has 0 aromatic heterocycles. The molecule has 0 aliphatic carbocycles. The molecule has 0 saturated carbocycles. The first-order valence-electron chi connectivity index (χ1n) is 4.23. The molecule has 1 rings (SSSR count). The summed E-state index contributed by atoms with van der Waals surface area (Å²) in [6.07, 6.45) is -10.0. The first kappa shape index (κ1) is 12.9. The summed E-state index contributed by atoms with van der Waals surface area (Å²) in [7, 11) is 0. The molecule has 0 heterocycles. The van der Waals surface area contributed by atoms with Crippen molar-refractivity contribution in [2.24, 2.45) is 0 Å². The van der Waals surface area contributed by atoms with Crippen LogP contribution in [0.25, 0.3) is 0 Å². The van der Waals surface area contributed by atoms with Crippen LogP contribution in [0.15, 0.2) is 18.2 Å². The van der Waals surface area contributed by atoms with E-state index >= 15 is 0 Å². The fourth-order valence-electron chi connectivity index (χ4n) is 1.23. The maximum atomic E-state index is 12.4. The van der Waals surface area contributed by atoms with Crippen LogP contribution in [0.2, 0.25) is 0 Å². The Labute approximate surface area is 87.9 Å². The van der Waals surface area contributed by atoms with Crippen LogP contribution in [0.1, 0.15) is 16.7 Å². The van der Waals surface area contributed by atoms with E-state index in [2.05, 4.69) is 6.92 Å². The summed E-state index contributed by atoms with van der Waals surface area (Å²) in [4.78, 5) is 0. The van der Waals surface area contributed by atoms with Gasteiger partial charge in [0.25, 0.3) is 0 Å². The summed E-state index contributed by atoms with van der Waals surface area (Å²) in [6, 6.07) is 1.91. The van der Waals surface area contributed by atoms with Gasteiger partial charge in [-0.1, -0.05) is 6.07 Å². The third kappa shape index (κ3) is 2.68. The Kier molecular flexibility index (Phi) is 3.21. The largest absolute Gasteiger partial charge is 0.417 e. The lowest BCUT2D eigenvalue weighted by Crippen LogP contribution is -2.16. The lowest BCUT2D eigenvalue weighted by molar-refractivity contribution is -0.162. The molecule has 6 heteroatoms. The number of benzene rings is 1. The van der Waals surface area contributed by atoms with Gasteiger partial charge in [-0.05, 0) is 31.0 Å². The quantitative estimate of drug-likeness (QED) is 0.649. The first-order valence-corrected chi connectivity index (χ1v) is 4.23. The van der Waals surface area contributed by atoms with Crippen LogP contribution < -0.4 is 0 Å². The number of halogens is 6. The van der Waals surface area contributed by atoms with Crippen molar-refractivity contribution in [3.63, 3.8) is 0 Å². The van der Waals surface area contributed by atoms with Gasteiger partial charge < -0.3 is 0 Å². The molecule has 16 heavy (non-hydrogen) atoms. The predicted molar refractivity (Wildman–Crippen MR) is 45.5 cm³/mol. The zero-order valence-corrected chi connectivity index (χ0v) is 7.91. The van der Waals surface area contributed by atoms with Crippen LogP contribution in [0, 0.1) is 6.92 Å². The van der Waals surface area contributed by atoms with Crippen LogP contribution in [0.5, 0.6) is 0 Å². The minimum Gasteiger partial charge on any atom is -0.166 e. The third-order valence-corrected chi connectivity index (χ3v) is 1.98. The highest BCUT2D eigenvalue weighted by atomic mass is 19.4. The molecular weight excluding hydrogens is 234 g/mol. The third-order valence-electron chi connectivity index (χ3n) is 1.98. The van der Waals surface area contributed by atoms with Crippen LogP contribution in [0.4, 0.5) is 26.3 Å². The number of alkyl halides is 6. The van der Waals surface area contributed by atoms with E-state index in [0.717, 1.165) is 6.07 Å². The van der Waals surface area contributed by atoms with E-state index in [-0.39, 0.29) is 12.0 Å². The Hall–Kier alpha value is -1.20. The first-order chi connectivity index (χ1) is 7.16. The summed E-state index contributed by atoms with van der Waals surface area (Å²) >= 11 is 0. The lowest BCUT2D eigenvalue weighted by atomic mass is 10.0. The normalized spacial score (nSPS) is 12.9. The number of rotatable bonds is 1. The van der Waals surface area contributed by atoms with Crippen molar-refractivity contribution in [2.75, 3.05) is 0 Å². The highest BCUT2D eigenvalue weighted by Gasteiger charge is 2.42. The molecule has 0 nitrogen and oxygen atoms in total. The van der Waals surface area contributed by atoms with Gasteiger partial charge in [-0.25, -0.2) is 0 Å². The molecule has 1 aromatic carbocycles. The Balaban J connectivity index is 3.40. The average Bonchev–Trinajstić information content (AvgIpc) is 2.14. The summed E-state index contributed by atoms with van der Waals surface area (Å²) in [5, 5.41) is 0. The predicted octanol–water partition coefficient (Wildman–Crippen LogP) is 4.10. The smallest absolute Gasteiger partial charge is 0.166 e.